The number of rotatable bonds is 5. The number of amides is 1. The number of benzene rings is 1. The Labute approximate surface area is 189 Å². The number of pyridine rings is 1. The lowest BCUT2D eigenvalue weighted by Gasteiger charge is -2.27. The van der Waals surface area contributed by atoms with Gasteiger partial charge >= 0.3 is 0 Å². The number of hydrogen-bond acceptors (Lipinski definition) is 4. The zero-order valence-electron chi connectivity index (χ0n) is 19.0. The van der Waals surface area contributed by atoms with Crippen LogP contribution in [0.4, 0.5) is 0 Å². The van der Waals surface area contributed by atoms with Crippen molar-refractivity contribution in [3.05, 3.63) is 65.6 Å². The molecule has 0 bridgehead atoms. The molecule has 2 saturated heterocycles. The van der Waals surface area contributed by atoms with Crippen LogP contribution in [0.2, 0.25) is 0 Å². The first-order valence-electron chi connectivity index (χ1n) is 11.8. The summed E-state index contributed by atoms with van der Waals surface area (Å²) in [5.74, 6) is 0.0529. The monoisotopic (exact) mass is 432 g/mol. The highest BCUT2D eigenvalue weighted by Crippen LogP contribution is 2.34. The first-order valence-corrected chi connectivity index (χ1v) is 11.8. The molecule has 2 aliphatic heterocycles. The summed E-state index contributed by atoms with van der Waals surface area (Å²) in [5, 5.41) is 1.34. The van der Waals surface area contributed by atoms with Gasteiger partial charge in [0.15, 0.2) is 0 Å². The van der Waals surface area contributed by atoms with E-state index in [-0.39, 0.29) is 5.91 Å². The molecule has 0 spiro atoms. The van der Waals surface area contributed by atoms with Crippen LogP contribution >= 0.6 is 0 Å². The van der Waals surface area contributed by atoms with E-state index in [1.165, 1.54) is 22.9 Å². The number of nitrogens with zero attached hydrogens (tertiary/aromatic N) is 4. The number of likely N-dealkylation sites (tertiary alicyclic amines) is 1. The molecule has 6 nitrogen and oxygen atoms in total. The number of para-hydroxylation sites is 1. The van der Waals surface area contributed by atoms with Crippen LogP contribution in [0.5, 0.6) is 0 Å². The Morgan fingerprint density at radius 2 is 1.94 bits per heavy atom. The number of hydrogen-bond donors (Lipinski definition) is 0. The highest BCUT2D eigenvalue weighted by Gasteiger charge is 2.28. The van der Waals surface area contributed by atoms with Crippen LogP contribution in [0.3, 0.4) is 0 Å². The third-order valence-electron chi connectivity index (χ3n) is 6.79. The molecule has 0 aliphatic carbocycles. The maximum Gasteiger partial charge on any atom is 0.255 e. The van der Waals surface area contributed by atoms with Gasteiger partial charge in [0.1, 0.15) is 0 Å². The van der Waals surface area contributed by atoms with E-state index in [0.29, 0.717) is 44.0 Å². The Morgan fingerprint density at radius 3 is 2.69 bits per heavy atom. The summed E-state index contributed by atoms with van der Waals surface area (Å²) in [5.41, 5.74) is 4.41. The van der Waals surface area contributed by atoms with Crippen molar-refractivity contribution in [1.29, 1.82) is 0 Å². The van der Waals surface area contributed by atoms with Gasteiger partial charge in [-0.2, -0.15) is 0 Å². The van der Waals surface area contributed by atoms with Crippen LogP contribution in [-0.4, -0.2) is 58.1 Å². The lowest BCUT2D eigenvalue weighted by molar-refractivity contribution is 0.0302. The van der Waals surface area contributed by atoms with Gasteiger partial charge in [0.25, 0.3) is 5.91 Å². The summed E-state index contributed by atoms with van der Waals surface area (Å²) in [4.78, 5) is 21.9. The van der Waals surface area contributed by atoms with Gasteiger partial charge in [-0.3, -0.25) is 14.7 Å². The van der Waals surface area contributed by atoms with E-state index in [9.17, 15) is 4.79 Å². The molecule has 32 heavy (non-hydrogen) atoms. The molecule has 3 aromatic rings. The molecule has 1 aromatic carbocycles. The van der Waals surface area contributed by atoms with Crippen molar-refractivity contribution in [2.24, 2.45) is 0 Å². The SMILES string of the molecule is CC(C)n1cc(CN2CCC[C@@H]2c2ccc(C(=O)N3CCOCC3)cn2)c2ccccc21. The summed E-state index contributed by atoms with van der Waals surface area (Å²) in [6.07, 6.45) is 6.35. The van der Waals surface area contributed by atoms with Crippen molar-refractivity contribution in [2.45, 2.75) is 45.3 Å². The van der Waals surface area contributed by atoms with Crippen molar-refractivity contribution < 1.29 is 9.53 Å². The lowest BCUT2D eigenvalue weighted by Crippen LogP contribution is -2.40. The highest BCUT2D eigenvalue weighted by atomic mass is 16.5. The Morgan fingerprint density at radius 1 is 1.12 bits per heavy atom. The first-order chi connectivity index (χ1) is 15.6. The topological polar surface area (TPSA) is 50.6 Å². The highest BCUT2D eigenvalue weighted by molar-refractivity contribution is 5.94. The Bertz CT molecular complexity index is 1080. The quantitative estimate of drug-likeness (QED) is 0.599. The molecule has 0 unspecified atom stereocenters. The molecule has 168 valence electrons. The molecule has 1 atom stereocenters. The average molecular weight is 433 g/mol. The van der Waals surface area contributed by atoms with Crippen LogP contribution in [-0.2, 0) is 11.3 Å². The van der Waals surface area contributed by atoms with E-state index in [4.69, 9.17) is 9.72 Å². The smallest absolute Gasteiger partial charge is 0.255 e. The standard InChI is InChI=1S/C26H32N4O2/c1-19(2)30-18-21(22-6-3-4-7-24(22)30)17-29-11-5-8-25(29)23-10-9-20(16-27-23)26(31)28-12-14-32-15-13-28/h3-4,6-7,9-10,16,18-19,25H,5,8,11-15,17H2,1-2H3/t25-/m1/s1. The minimum atomic E-state index is 0.0529. The predicted octanol–water partition coefficient (Wildman–Crippen LogP) is 4.43. The van der Waals surface area contributed by atoms with E-state index >= 15 is 0 Å². The molecule has 2 fully saturated rings. The molecule has 0 N–H and O–H groups in total. The Kier molecular flexibility index (Phi) is 5.98. The lowest BCUT2D eigenvalue weighted by atomic mass is 10.1. The van der Waals surface area contributed by atoms with Crippen molar-refractivity contribution in [2.75, 3.05) is 32.8 Å². The van der Waals surface area contributed by atoms with Crippen molar-refractivity contribution in [3.8, 4) is 0 Å². The molecule has 0 saturated carbocycles. The summed E-state index contributed by atoms with van der Waals surface area (Å²) in [6, 6.07) is 13.4. The first kappa shape index (κ1) is 21.2. The molecular formula is C26H32N4O2. The Hall–Kier alpha value is -2.70. The zero-order chi connectivity index (χ0) is 22.1. The largest absolute Gasteiger partial charge is 0.378 e. The average Bonchev–Trinajstić information content (AvgIpc) is 3.45. The van der Waals surface area contributed by atoms with E-state index in [2.05, 4.69) is 53.8 Å². The van der Waals surface area contributed by atoms with Crippen LogP contribution in [0, 0.1) is 0 Å². The predicted molar refractivity (Wildman–Crippen MR) is 126 cm³/mol. The molecule has 5 rings (SSSR count). The molecular weight excluding hydrogens is 400 g/mol. The molecule has 2 aliphatic rings. The van der Waals surface area contributed by atoms with Gasteiger partial charge in [0, 0.05) is 49.0 Å². The van der Waals surface area contributed by atoms with Crippen LogP contribution in [0.15, 0.2) is 48.8 Å². The third-order valence-corrected chi connectivity index (χ3v) is 6.79. The fourth-order valence-corrected chi connectivity index (χ4v) is 5.08. The third kappa shape index (κ3) is 4.05. The number of carbonyl (C=O) groups excluding carboxylic acids is 1. The van der Waals surface area contributed by atoms with Gasteiger partial charge < -0.3 is 14.2 Å². The van der Waals surface area contributed by atoms with Crippen molar-refractivity contribution in [3.63, 3.8) is 0 Å². The molecule has 1 amide bonds. The van der Waals surface area contributed by atoms with Crippen molar-refractivity contribution in [1.82, 2.24) is 19.4 Å². The molecule has 2 aromatic heterocycles. The second-order valence-electron chi connectivity index (χ2n) is 9.18. The van der Waals surface area contributed by atoms with E-state index in [1.54, 1.807) is 6.20 Å². The van der Waals surface area contributed by atoms with Crippen molar-refractivity contribution >= 4 is 16.8 Å². The second-order valence-corrected chi connectivity index (χ2v) is 9.18. The summed E-state index contributed by atoms with van der Waals surface area (Å²) >= 11 is 0. The summed E-state index contributed by atoms with van der Waals surface area (Å²) in [7, 11) is 0. The fourth-order valence-electron chi connectivity index (χ4n) is 5.08. The summed E-state index contributed by atoms with van der Waals surface area (Å²) in [6.45, 7) is 8.99. The minimum absolute atomic E-state index is 0.0529. The molecule has 4 heterocycles. The minimum Gasteiger partial charge on any atom is -0.378 e. The van der Waals surface area contributed by atoms with Crippen LogP contribution in [0.25, 0.3) is 10.9 Å². The van der Waals surface area contributed by atoms with E-state index in [0.717, 1.165) is 25.2 Å². The van der Waals surface area contributed by atoms with E-state index in [1.807, 2.05) is 17.0 Å². The molecule has 6 heteroatoms. The fraction of sp³-hybridized carbons (Fsp3) is 0.462. The summed E-state index contributed by atoms with van der Waals surface area (Å²) < 4.78 is 7.73. The Balaban J connectivity index is 1.34. The van der Waals surface area contributed by atoms with Gasteiger partial charge in [-0.1, -0.05) is 18.2 Å². The van der Waals surface area contributed by atoms with Crippen LogP contribution in [0.1, 0.15) is 60.4 Å². The van der Waals surface area contributed by atoms with Gasteiger partial charge in [-0.25, -0.2) is 0 Å². The number of morpholine rings is 1. The maximum atomic E-state index is 12.7. The number of fused-ring (bicyclic) bond motifs is 1. The second kappa shape index (κ2) is 9.04. The number of aromatic nitrogens is 2. The van der Waals surface area contributed by atoms with E-state index < -0.39 is 0 Å². The van der Waals surface area contributed by atoms with Gasteiger partial charge in [0.2, 0.25) is 0 Å². The van der Waals surface area contributed by atoms with Gasteiger partial charge in [-0.15, -0.1) is 0 Å². The zero-order valence-corrected chi connectivity index (χ0v) is 19.0. The van der Waals surface area contributed by atoms with Gasteiger partial charge in [0.05, 0.1) is 30.5 Å². The maximum absolute atomic E-state index is 12.7. The van der Waals surface area contributed by atoms with Gasteiger partial charge in [-0.05, 0) is 57.0 Å². The normalized spacial score (nSPS) is 19.8. The van der Waals surface area contributed by atoms with Crippen LogP contribution < -0.4 is 0 Å². The number of ether oxygens (including phenoxy) is 1. The molecule has 0 radical (unpaired) electrons. The number of carbonyl (C=O) groups is 1.